The molecular formula is C21H20ClN3O. The molecule has 3 aromatic rings. The first kappa shape index (κ1) is 18.1. The molecule has 4 nitrogen and oxygen atoms in total. The number of carbonyl (C=O) groups excluding carboxylic acids is 1. The third-order valence-electron chi connectivity index (χ3n) is 4.27. The average Bonchev–Trinajstić information content (AvgIpc) is 3.10. The monoisotopic (exact) mass is 365 g/mol. The van der Waals surface area contributed by atoms with E-state index in [0.29, 0.717) is 35.7 Å². The number of hydrogen-bond acceptors (Lipinski definition) is 3. The van der Waals surface area contributed by atoms with Crippen LogP contribution < -0.4 is 0 Å². The van der Waals surface area contributed by atoms with Crippen LogP contribution in [0.15, 0.2) is 60.9 Å². The molecule has 0 fully saturated rings. The molecule has 0 saturated heterocycles. The first-order valence-corrected chi connectivity index (χ1v) is 8.84. The van der Waals surface area contributed by atoms with E-state index >= 15 is 0 Å². The van der Waals surface area contributed by atoms with Crippen LogP contribution in [0.2, 0.25) is 5.02 Å². The van der Waals surface area contributed by atoms with Crippen molar-refractivity contribution in [1.29, 1.82) is 5.41 Å². The summed E-state index contributed by atoms with van der Waals surface area (Å²) in [7, 11) is 0. The Morgan fingerprint density at radius 2 is 1.85 bits per heavy atom. The molecular weight excluding hydrogens is 346 g/mol. The van der Waals surface area contributed by atoms with Gasteiger partial charge in [-0.3, -0.25) is 9.48 Å². The third-order valence-corrected chi connectivity index (χ3v) is 4.64. The lowest BCUT2D eigenvalue weighted by atomic mass is 10.0. The highest BCUT2D eigenvalue weighted by molar-refractivity contribution is 6.31. The first-order chi connectivity index (χ1) is 12.5. The SMILES string of the molecule is CC(=N)c1ccc(CCC(=O)c2cnn(Cc3ccccc3Cl)c2)cc1. The van der Waals surface area contributed by atoms with Crippen molar-refractivity contribution in [3.8, 4) is 0 Å². The number of benzene rings is 2. The molecule has 0 saturated carbocycles. The Bertz CT molecular complexity index is 928. The van der Waals surface area contributed by atoms with Crippen molar-refractivity contribution in [3.05, 3.63) is 88.2 Å². The average molecular weight is 366 g/mol. The van der Waals surface area contributed by atoms with Crippen molar-refractivity contribution in [2.24, 2.45) is 0 Å². The number of aromatic nitrogens is 2. The van der Waals surface area contributed by atoms with Crippen molar-refractivity contribution in [2.45, 2.75) is 26.3 Å². The highest BCUT2D eigenvalue weighted by Gasteiger charge is 2.10. The Kier molecular flexibility index (Phi) is 5.64. The maximum absolute atomic E-state index is 12.4. The van der Waals surface area contributed by atoms with Crippen molar-refractivity contribution in [3.63, 3.8) is 0 Å². The van der Waals surface area contributed by atoms with Gasteiger partial charge in [-0.1, -0.05) is 54.1 Å². The summed E-state index contributed by atoms with van der Waals surface area (Å²) in [5.41, 5.74) is 4.12. The number of Topliss-reactive ketones (excluding diaryl/α,β-unsaturated/α-hetero) is 1. The molecule has 26 heavy (non-hydrogen) atoms. The molecule has 0 aliphatic heterocycles. The van der Waals surface area contributed by atoms with Crippen LogP contribution in [0, 0.1) is 5.41 Å². The second-order valence-corrected chi connectivity index (χ2v) is 6.67. The summed E-state index contributed by atoms with van der Waals surface area (Å²) in [4.78, 5) is 12.4. The lowest BCUT2D eigenvalue weighted by molar-refractivity contribution is 0.0982. The maximum atomic E-state index is 12.4. The number of hydrogen-bond donors (Lipinski definition) is 1. The zero-order valence-electron chi connectivity index (χ0n) is 14.6. The fraction of sp³-hybridized carbons (Fsp3) is 0.190. The Hall–Kier alpha value is -2.72. The smallest absolute Gasteiger partial charge is 0.166 e. The molecule has 0 aliphatic rings. The normalized spacial score (nSPS) is 10.7. The van der Waals surface area contributed by atoms with E-state index in [1.54, 1.807) is 24.0 Å². The lowest BCUT2D eigenvalue weighted by Gasteiger charge is -2.04. The zero-order valence-corrected chi connectivity index (χ0v) is 15.3. The molecule has 0 unspecified atom stereocenters. The molecule has 1 N–H and O–H groups in total. The number of nitrogens with zero attached hydrogens (tertiary/aromatic N) is 2. The van der Waals surface area contributed by atoms with Crippen molar-refractivity contribution >= 4 is 23.1 Å². The molecule has 0 aliphatic carbocycles. The minimum absolute atomic E-state index is 0.0720. The molecule has 0 spiro atoms. The van der Waals surface area contributed by atoms with Gasteiger partial charge in [-0.2, -0.15) is 5.10 Å². The van der Waals surface area contributed by atoms with E-state index < -0.39 is 0 Å². The molecule has 2 aromatic carbocycles. The number of aryl methyl sites for hydroxylation is 1. The van der Waals surface area contributed by atoms with Crippen LogP contribution in [0.1, 0.15) is 40.4 Å². The molecule has 1 heterocycles. The van der Waals surface area contributed by atoms with E-state index in [9.17, 15) is 4.79 Å². The van der Waals surface area contributed by atoms with Crippen LogP contribution >= 0.6 is 11.6 Å². The summed E-state index contributed by atoms with van der Waals surface area (Å²) in [6, 6.07) is 15.4. The van der Waals surface area contributed by atoms with Gasteiger partial charge in [0, 0.05) is 23.4 Å². The molecule has 5 heteroatoms. The molecule has 0 amide bonds. The van der Waals surface area contributed by atoms with E-state index in [2.05, 4.69) is 5.10 Å². The molecule has 0 atom stereocenters. The summed E-state index contributed by atoms with van der Waals surface area (Å²) in [6.07, 6.45) is 4.49. The van der Waals surface area contributed by atoms with Crippen LogP contribution in [-0.4, -0.2) is 21.3 Å². The Balaban J connectivity index is 1.59. The Labute approximate surface area is 157 Å². The first-order valence-electron chi connectivity index (χ1n) is 8.46. The van der Waals surface area contributed by atoms with Crippen molar-refractivity contribution in [2.75, 3.05) is 0 Å². The van der Waals surface area contributed by atoms with Crippen molar-refractivity contribution < 1.29 is 4.79 Å². The van der Waals surface area contributed by atoms with Gasteiger partial charge in [-0.15, -0.1) is 0 Å². The number of carbonyl (C=O) groups is 1. The number of rotatable bonds is 7. The minimum Gasteiger partial charge on any atom is -0.305 e. The standard InChI is InChI=1S/C21H20ClN3O/c1-15(23)17-9-6-16(7-10-17)8-11-21(26)19-12-24-25(14-19)13-18-4-2-3-5-20(18)22/h2-7,9-10,12,14,23H,8,11,13H2,1H3. The minimum atomic E-state index is 0.0720. The van der Waals surface area contributed by atoms with E-state index in [-0.39, 0.29) is 5.78 Å². The van der Waals surface area contributed by atoms with Gasteiger partial charge in [-0.25, -0.2) is 0 Å². The fourth-order valence-electron chi connectivity index (χ4n) is 2.72. The summed E-state index contributed by atoms with van der Waals surface area (Å²) in [5.74, 6) is 0.0720. The van der Waals surface area contributed by atoms with E-state index in [1.807, 2.05) is 48.5 Å². The van der Waals surface area contributed by atoms with Crippen molar-refractivity contribution in [1.82, 2.24) is 9.78 Å². The summed E-state index contributed by atoms with van der Waals surface area (Å²) in [6.45, 7) is 2.30. The second kappa shape index (κ2) is 8.11. The van der Waals surface area contributed by atoms with Gasteiger partial charge in [-0.05, 0) is 36.1 Å². The summed E-state index contributed by atoms with van der Waals surface area (Å²) < 4.78 is 1.73. The predicted molar refractivity (Wildman–Crippen MR) is 104 cm³/mol. The Morgan fingerprint density at radius 3 is 2.54 bits per heavy atom. The van der Waals surface area contributed by atoms with Gasteiger partial charge in [0.1, 0.15) is 0 Å². The Morgan fingerprint density at radius 1 is 1.12 bits per heavy atom. The van der Waals surface area contributed by atoms with E-state index in [1.165, 1.54) is 0 Å². The van der Waals surface area contributed by atoms with Gasteiger partial charge in [0.15, 0.2) is 5.78 Å². The molecule has 0 radical (unpaired) electrons. The zero-order chi connectivity index (χ0) is 18.5. The summed E-state index contributed by atoms with van der Waals surface area (Å²) >= 11 is 6.17. The highest BCUT2D eigenvalue weighted by Crippen LogP contribution is 2.16. The van der Waals surface area contributed by atoms with E-state index in [4.69, 9.17) is 17.0 Å². The van der Waals surface area contributed by atoms with Gasteiger partial charge in [0.05, 0.1) is 18.3 Å². The quantitative estimate of drug-likeness (QED) is 0.483. The van der Waals surface area contributed by atoms with Gasteiger partial charge >= 0.3 is 0 Å². The number of ketones is 1. The highest BCUT2D eigenvalue weighted by atomic mass is 35.5. The van der Waals surface area contributed by atoms with Crippen LogP contribution in [0.3, 0.4) is 0 Å². The van der Waals surface area contributed by atoms with E-state index in [0.717, 1.165) is 16.7 Å². The predicted octanol–water partition coefficient (Wildman–Crippen LogP) is 4.79. The molecule has 1 aromatic heterocycles. The number of nitrogens with one attached hydrogen (secondary N) is 1. The van der Waals surface area contributed by atoms with Crippen LogP contribution in [0.4, 0.5) is 0 Å². The molecule has 0 bridgehead atoms. The number of halogens is 1. The van der Waals surface area contributed by atoms with Gasteiger partial charge in [0.25, 0.3) is 0 Å². The molecule has 3 rings (SSSR count). The van der Waals surface area contributed by atoms with Gasteiger partial charge < -0.3 is 5.41 Å². The maximum Gasteiger partial charge on any atom is 0.166 e. The lowest BCUT2D eigenvalue weighted by Crippen LogP contribution is -2.02. The summed E-state index contributed by atoms with van der Waals surface area (Å²) in [5, 5.41) is 12.6. The molecule has 132 valence electrons. The van der Waals surface area contributed by atoms with Gasteiger partial charge in [0.2, 0.25) is 0 Å². The fourth-order valence-corrected chi connectivity index (χ4v) is 2.91. The van der Waals surface area contributed by atoms with Crippen LogP contribution in [0.25, 0.3) is 0 Å². The van der Waals surface area contributed by atoms with Crippen LogP contribution in [0.5, 0.6) is 0 Å². The third kappa shape index (κ3) is 4.46. The topological polar surface area (TPSA) is 58.7 Å². The van der Waals surface area contributed by atoms with Crippen LogP contribution in [-0.2, 0) is 13.0 Å². The largest absolute Gasteiger partial charge is 0.305 e. The second-order valence-electron chi connectivity index (χ2n) is 6.26.